The summed E-state index contributed by atoms with van der Waals surface area (Å²) in [6, 6.07) is 6.83. The molecule has 1 aromatic carbocycles. The van der Waals surface area contributed by atoms with Gasteiger partial charge in [0, 0.05) is 10.5 Å². The highest BCUT2D eigenvalue weighted by molar-refractivity contribution is 9.10. The van der Waals surface area contributed by atoms with Crippen molar-refractivity contribution in [1.82, 2.24) is 5.32 Å². The quantitative estimate of drug-likeness (QED) is 0.866. The van der Waals surface area contributed by atoms with E-state index in [0.717, 1.165) is 35.0 Å². The van der Waals surface area contributed by atoms with Gasteiger partial charge in [0.1, 0.15) is 5.75 Å². The van der Waals surface area contributed by atoms with E-state index in [4.69, 9.17) is 4.74 Å². The minimum Gasteiger partial charge on any atom is -0.496 e. The van der Waals surface area contributed by atoms with E-state index >= 15 is 0 Å². The van der Waals surface area contributed by atoms with Gasteiger partial charge in [-0.05, 0) is 55.0 Å². The summed E-state index contributed by atoms with van der Waals surface area (Å²) < 4.78 is 6.58. The molecule has 1 aliphatic rings. The van der Waals surface area contributed by atoms with Crippen molar-refractivity contribution in [3.63, 3.8) is 0 Å². The third-order valence-electron chi connectivity index (χ3n) is 3.84. The maximum atomic E-state index is 5.46. The molecule has 100 valence electrons. The van der Waals surface area contributed by atoms with Gasteiger partial charge in [0.25, 0.3) is 0 Å². The molecular formula is C15H22BrNO. The van der Waals surface area contributed by atoms with Crippen LogP contribution in [0, 0.1) is 11.8 Å². The molecule has 1 saturated carbocycles. The molecule has 1 N–H and O–H groups in total. The van der Waals surface area contributed by atoms with Crippen LogP contribution in [-0.2, 0) is 6.42 Å². The molecule has 1 aromatic rings. The molecule has 3 heteroatoms. The van der Waals surface area contributed by atoms with Gasteiger partial charge in [-0.15, -0.1) is 0 Å². The van der Waals surface area contributed by atoms with Crippen LogP contribution in [-0.4, -0.2) is 19.7 Å². The minimum atomic E-state index is 0.577. The zero-order valence-electron chi connectivity index (χ0n) is 11.4. The lowest BCUT2D eigenvalue weighted by Gasteiger charge is -2.19. The number of methoxy groups -OCH3 is 1. The summed E-state index contributed by atoms with van der Waals surface area (Å²) in [5.74, 6) is 2.69. The first-order valence-electron chi connectivity index (χ1n) is 6.71. The van der Waals surface area contributed by atoms with Crippen LogP contribution >= 0.6 is 15.9 Å². The fraction of sp³-hybridized carbons (Fsp3) is 0.600. The van der Waals surface area contributed by atoms with Crippen molar-refractivity contribution in [1.29, 1.82) is 0 Å². The number of benzene rings is 1. The normalized spacial score (nSPS) is 23.8. The van der Waals surface area contributed by atoms with Crippen LogP contribution in [0.3, 0.4) is 0 Å². The van der Waals surface area contributed by atoms with Gasteiger partial charge in [-0.25, -0.2) is 0 Å². The molecule has 0 aliphatic heterocycles. The average molecular weight is 312 g/mol. The fourth-order valence-electron chi connectivity index (χ4n) is 2.69. The van der Waals surface area contributed by atoms with Crippen LogP contribution in [0.2, 0.25) is 0 Å². The van der Waals surface area contributed by atoms with Crippen LogP contribution in [0.1, 0.15) is 25.8 Å². The SMILES string of the molecule is CCNC(Cc1cc(Br)ccc1OC)C1CC1C. The number of likely N-dealkylation sites (N-methyl/N-ethyl adjacent to an activating group) is 1. The second-order valence-electron chi connectivity index (χ2n) is 5.20. The van der Waals surface area contributed by atoms with Crippen LogP contribution in [0.15, 0.2) is 22.7 Å². The molecular weight excluding hydrogens is 290 g/mol. The van der Waals surface area contributed by atoms with E-state index in [-0.39, 0.29) is 0 Å². The topological polar surface area (TPSA) is 21.3 Å². The second-order valence-corrected chi connectivity index (χ2v) is 6.12. The van der Waals surface area contributed by atoms with E-state index in [1.165, 1.54) is 12.0 Å². The van der Waals surface area contributed by atoms with Gasteiger partial charge in [-0.3, -0.25) is 0 Å². The second kappa shape index (κ2) is 6.07. The number of hydrogen-bond donors (Lipinski definition) is 1. The standard InChI is InChI=1S/C15H22BrNO/c1-4-17-14(13-7-10(13)2)9-11-8-12(16)5-6-15(11)18-3/h5-6,8,10,13-14,17H,4,7,9H2,1-3H3. The van der Waals surface area contributed by atoms with Gasteiger partial charge in [0.15, 0.2) is 0 Å². The van der Waals surface area contributed by atoms with E-state index in [1.807, 2.05) is 12.1 Å². The molecule has 0 heterocycles. The van der Waals surface area contributed by atoms with Crippen LogP contribution < -0.4 is 10.1 Å². The maximum absolute atomic E-state index is 5.46. The van der Waals surface area contributed by atoms with Gasteiger partial charge in [0.2, 0.25) is 0 Å². The van der Waals surface area contributed by atoms with E-state index < -0.39 is 0 Å². The number of rotatable bonds is 6. The highest BCUT2D eigenvalue weighted by atomic mass is 79.9. The predicted octanol–water partition coefficient (Wildman–Crippen LogP) is 3.63. The van der Waals surface area contributed by atoms with E-state index in [0.29, 0.717) is 6.04 Å². The zero-order valence-corrected chi connectivity index (χ0v) is 13.0. The van der Waals surface area contributed by atoms with Gasteiger partial charge in [0.05, 0.1) is 7.11 Å². The Balaban J connectivity index is 2.12. The van der Waals surface area contributed by atoms with Crippen LogP contribution in [0.25, 0.3) is 0 Å². The van der Waals surface area contributed by atoms with Crippen molar-refractivity contribution in [2.24, 2.45) is 11.8 Å². The summed E-state index contributed by atoms with van der Waals surface area (Å²) in [7, 11) is 1.74. The molecule has 0 spiro atoms. The van der Waals surface area contributed by atoms with Gasteiger partial charge >= 0.3 is 0 Å². The fourth-order valence-corrected chi connectivity index (χ4v) is 3.10. The molecule has 2 rings (SSSR count). The lowest BCUT2D eigenvalue weighted by Crippen LogP contribution is -2.33. The molecule has 0 radical (unpaired) electrons. The Labute approximate surface area is 118 Å². The first-order valence-corrected chi connectivity index (χ1v) is 7.50. The summed E-state index contributed by atoms with van der Waals surface area (Å²) in [6.45, 7) is 5.55. The summed E-state index contributed by atoms with van der Waals surface area (Å²) in [6.07, 6.45) is 2.40. The lowest BCUT2D eigenvalue weighted by atomic mass is 10.00. The Morgan fingerprint density at radius 2 is 2.22 bits per heavy atom. The Morgan fingerprint density at radius 1 is 1.50 bits per heavy atom. The smallest absolute Gasteiger partial charge is 0.122 e. The third kappa shape index (κ3) is 3.27. The van der Waals surface area contributed by atoms with Gasteiger partial charge < -0.3 is 10.1 Å². The largest absolute Gasteiger partial charge is 0.496 e. The number of nitrogens with one attached hydrogen (secondary N) is 1. The van der Waals surface area contributed by atoms with E-state index in [2.05, 4.69) is 41.2 Å². The van der Waals surface area contributed by atoms with Gasteiger partial charge in [-0.1, -0.05) is 29.8 Å². The number of hydrogen-bond acceptors (Lipinski definition) is 2. The molecule has 0 saturated heterocycles. The van der Waals surface area contributed by atoms with Crippen molar-refractivity contribution in [2.75, 3.05) is 13.7 Å². The highest BCUT2D eigenvalue weighted by Gasteiger charge is 2.39. The summed E-state index contributed by atoms with van der Waals surface area (Å²) in [5.41, 5.74) is 1.29. The molecule has 1 fully saturated rings. The van der Waals surface area contributed by atoms with Crippen molar-refractivity contribution < 1.29 is 4.74 Å². The first kappa shape index (κ1) is 13.9. The molecule has 0 bridgehead atoms. The Morgan fingerprint density at radius 3 is 2.78 bits per heavy atom. The third-order valence-corrected chi connectivity index (χ3v) is 4.33. The summed E-state index contributed by atoms with van der Waals surface area (Å²) in [4.78, 5) is 0. The maximum Gasteiger partial charge on any atom is 0.122 e. The zero-order chi connectivity index (χ0) is 13.1. The number of halogens is 1. The first-order chi connectivity index (χ1) is 8.65. The van der Waals surface area contributed by atoms with Gasteiger partial charge in [-0.2, -0.15) is 0 Å². The van der Waals surface area contributed by atoms with E-state index in [1.54, 1.807) is 7.11 Å². The molecule has 3 unspecified atom stereocenters. The highest BCUT2D eigenvalue weighted by Crippen LogP contribution is 2.42. The minimum absolute atomic E-state index is 0.577. The van der Waals surface area contributed by atoms with Crippen LogP contribution in [0.4, 0.5) is 0 Å². The van der Waals surface area contributed by atoms with Crippen molar-refractivity contribution in [3.8, 4) is 5.75 Å². The molecule has 2 nitrogen and oxygen atoms in total. The summed E-state index contributed by atoms with van der Waals surface area (Å²) >= 11 is 3.54. The van der Waals surface area contributed by atoms with Crippen molar-refractivity contribution in [3.05, 3.63) is 28.2 Å². The lowest BCUT2D eigenvalue weighted by molar-refractivity contribution is 0.398. The summed E-state index contributed by atoms with van der Waals surface area (Å²) in [5, 5.41) is 3.62. The predicted molar refractivity (Wildman–Crippen MR) is 79.1 cm³/mol. The average Bonchev–Trinajstić information content (AvgIpc) is 3.06. The van der Waals surface area contributed by atoms with E-state index in [9.17, 15) is 0 Å². The number of ether oxygens (including phenoxy) is 1. The van der Waals surface area contributed by atoms with Crippen LogP contribution in [0.5, 0.6) is 5.75 Å². The van der Waals surface area contributed by atoms with Crippen molar-refractivity contribution >= 4 is 15.9 Å². The molecule has 0 aromatic heterocycles. The Bertz CT molecular complexity index is 407. The molecule has 1 aliphatic carbocycles. The monoisotopic (exact) mass is 311 g/mol. The Hall–Kier alpha value is -0.540. The molecule has 18 heavy (non-hydrogen) atoms. The Kier molecular flexibility index (Phi) is 4.68. The molecule has 3 atom stereocenters. The van der Waals surface area contributed by atoms with Crippen molar-refractivity contribution in [2.45, 2.75) is 32.7 Å². The molecule has 0 amide bonds.